The molecule has 0 spiro atoms. The number of aromatic nitrogens is 2. The average molecular weight is 367 g/mol. The van der Waals surface area contributed by atoms with Crippen LogP contribution in [-0.4, -0.2) is 15.3 Å². The van der Waals surface area contributed by atoms with Crippen molar-refractivity contribution in [3.05, 3.63) is 84.1 Å². The lowest BCUT2D eigenvalue weighted by Crippen LogP contribution is -2.17. The van der Waals surface area contributed by atoms with Gasteiger partial charge in [-0.05, 0) is 42.0 Å². The zero-order valence-corrected chi connectivity index (χ0v) is 14.1. The number of halogens is 2. The topological polar surface area (TPSA) is 65.3 Å². The van der Waals surface area contributed by atoms with E-state index in [9.17, 15) is 13.9 Å². The van der Waals surface area contributed by atoms with Crippen LogP contribution in [0, 0.1) is 11.6 Å². The molecule has 2 aromatic heterocycles. The van der Waals surface area contributed by atoms with Crippen LogP contribution in [0.4, 0.5) is 20.3 Å². The zero-order valence-electron chi connectivity index (χ0n) is 14.1. The van der Waals surface area contributed by atoms with Crippen molar-refractivity contribution in [3.63, 3.8) is 0 Å². The van der Waals surface area contributed by atoms with Gasteiger partial charge in [-0.2, -0.15) is 5.10 Å². The monoisotopic (exact) mass is 367 g/mol. The van der Waals surface area contributed by atoms with Crippen LogP contribution in [0.3, 0.4) is 0 Å². The van der Waals surface area contributed by atoms with Crippen LogP contribution < -0.4 is 4.90 Å². The van der Waals surface area contributed by atoms with Crippen LogP contribution in [0.5, 0.6) is 5.75 Å². The number of hydrogen-bond donors (Lipinski definition) is 2. The van der Waals surface area contributed by atoms with Crippen LogP contribution in [0.1, 0.15) is 5.56 Å². The first-order chi connectivity index (χ1) is 13.1. The van der Waals surface area contributed by atoms with Crippen molar-refractivity contribution in [2.45, 2.75) is 6.54 Å². The predicted octanol–water partition coefficient (Wildman–Crippen LogP) is 4.99. The Kier molecular flexibility index (Phi) is 4.33. The fourth-order valence-corrected chi connectivity index (χ4v) is 2.75. The number of aromatic amines is 1. The highest BCUT2D eigenvalue weighted by molar-refractivity contribution is 5.66. The van der Waals surface area contributed by atoms with Gasteiger partial charge in [-0.3, -0.25) is 5.10 Å². The molecule has 0 aliphatic carbocycles. The van der Waals surface area contributed by atoms with E-state index in [1.807, 2.05) is 0 Å². The molecule has 5 nitrogen and oxygen atoms in total. The summed E-state index contributed by atoms with van der Waals surface area (Å²) < 4.78 is 32.1. The maximum atomic E-state index is 13.5. The van der Waals surface area contributed by atoms with Crippen molar-refractivity contribution in [2.75, 3.05) is 4.90 Å². The molecule has 0 aliphatic heterocycles. The summed E-state index contributed by atoms with van der Waals surface area (Å²) in [6.07, 6.45) is 1.56. The van der Waals surface area contributed by atoms with E-state index in [-0.39, 0.29) is 5.82 Å². The smallest absolute Gasteiger partial charge is 0.164 e. The van der Waals surface area contributed by atoms with Crippen molar-refractivity contribution < 1.29 is 18.3 Å². The van der Waals surface area contributed by atoms with E-state index >= 15 is 0 Å². The Morgan fingerprint density at radius 3 is 2.56 bits per heavy atom. The molecule has 2 heterocycles. The van der Waals surface area contributed by atoms with Gasteiger partial charge in [0.2, 0.25) is 0 Å². The number of H-pyrrole nitrogens is 1. The summed E-state index contributed by atoms with van der Waals surface area (Å²) in [7, 11) is 0. The Bertz CT molecular complexity index is 1040. The molecule has 27 heavy (non-hydrogen) atoms. The van der Waals surface area contributed by atoms with E-state index in [0.29, 0.717) is 29.5 Å². The van der Waals surface area contributed by atoms with Crippen LogP contribution in [0.15, 0.2) is 71.3 Å². The maximum absolute atomic E-state index is 13.5. The lowest BCUT2D eigenvalue weighted by Gasteiger charge is -2.22. The molecule has 7 heteroatoms. The van der Waals surface area contributed by atoms with Gasteiger partial charge in [0.25, 0.3) is 0 Å². The predicted molar refractivity (Wildman–Crippen MR) is 96.6 cm³/mol. The Hall–Kier alpha value is -3.61. The van der Waals surface area contributed by atoms with E-state index in [1.54, 1.807) is 47.6 Å². The van der Waals surface area contributed by atoms with Crippen molar-refractivity contribution >= 4 is 11.5 Å². The van der Waals surface area contributed by atoms with Crippen molar-refractivity contribution in [1.29, 1.82) is 0 Å². The quantitative estimate of drug-likeness (QED) is 0.521. The molecule has 136 valence electrons. The van der Waals surface area contributed by atoms with E-state index in [4.69, 9.17) is 4.42 Å². The molecule has 4 rings (SSSR count). The summed E-state index contributed by atoms with van der Waals surface area (Å²) in [5.74, 6) is -0.337. The van der Waals surface area contributed by atoms with Gasteiger partial charge < -0.3 is 14.4 Å². The fraction of sp³-hybridized carbons (Fsp3) is 0.0500. The van der Waals surface area contributed by atoms with Crippen molar-refractivity contribution in [1.82, 2.24) is 10.2 Å². The number of furan rings is 1. The van der Waals surface area contributed by atoms with Gasteiger partial charge in [-0.15, -0.1) is 0 Å². The highest BCUT2D eigenvalue weighted by Gasteiger charge is 2.17. The molecular formula is C20H15F2N3O2. The van der Waals surface area contributed by atoms with Crippen LogP contribution in [0.25, 0.3) is 11.5 Å². The third-order valence-corrected chi connectivity index (χ3v) is 4.12. The molecule has 0 aliphatic rings. The highest BCUT2D eigenvalue weighted by Crippen LogP contribution is 2.32. The molecule has 4 aromatic rings. The largest absolute Gasteiger partial charge is 0.505 e. The Balaban J connectivity index is 1.73. The molecule has 0 saturated heterocycles. The van der Waals surface area contributed by atoms with Crippen LogP contribution in [0.2, 0.25) is 0 Å². The third kappa shape index (κ3) is 3.52. The number of phenols is 1. The molecule has 0 bridgehead atoms. The maximum Gasteiger partial charge on any atom is 0.164 e. The minimum absolute atomic E-state index is 0.329. The van der Waals surface area contributed by atoms with Gasteiger partial charge in [0.1, 0.15) is 11.5 Å². The van der Waals surface area contributed by atoms with Gasteiger partial charge in [0, 0.05) is 24.4 Å². The second kappa shape index (κ2) is 6.95. The highest BCUT2D eigenvalue weighted by atomic mass is 19.1. The Morgan fingerprint density at radius 1 is 1.04 bits per heavy atom. The number of rotatable bonds is 5. The molecular weight excluding hydrogens is 352 g/mol. The number of phenolic OH excluding ortho intramolecular Hbond substituents is 1. The first kappa shape index (κ1) is 16.8. The minimum atomic E-state index is -0.709. The summed E-state index contributed by atoms with van der Waals surface area (Å²) in [6.45, 7) is 0.341. The summed E-state index contributed by atoms with van der Waals surface area (Å²) >= 11 is 0. The zero-order chi connectivity index (χ0) is 18.8. The molecule has 0 atom stereocenters. The molecule has 0 radical (unpaired) electrons. The summed E-state index contributed by atoms with van der Waals surface area (Å²) in [5.41, 5.74) is 2.03. The van der Waals surface area contributed by atoms with Gasteiger partial charge in [-0.1, -0.05) is 12.1 Å². The van der Waals surface area contributed by atoms with Crippen molar-refractivity contribution in [3.8, 4) is 17.2 Å². The van der Waals surface area contributed by atoms with Gasteiger partial charge >= 0.3 is 0 Å². The van der Waals surface area contributed by atoms with Gasteiger partial charge in [0.15, 0.2) is 23.1 Å². The minimum Gasteiger partial charge on any atom is -0.505 e. The number of aromatic hydroxyl groups is 1. The number of nitrogens with zero attached hydrogens (tertiary/aromatic N) is 2. The number of nitrogens with one attached hydrogen (secondary N) is 1. The lowest BCUT2D eigenvalue weighted by molar-refractivity contribution is 0.432. The second-order valence-corrected chi connectivity index (χ2v) is 5.97. The second-order valence-electron chi connectivity index (χ2n) is 5.97. The molecule has 0 fully saturated rings. The van der Waals surface area contributed by atoms with E-state index in [0.717, 1.165) is 5.56 Å². The van der Waals surface area contributed by atoms with E-state index < -0.39 is 11.6 Å². The lowest BCUT2D eigenvalue weighted by atomic mass is 10.2. The van der Waals surface area contributed by atoms with Crippen LogP contribution >= 0.6 is 0 Å². The molecule has 0 saturated carbocycles. The first-order valence-electron chi connectivity index (χ1n) is 8.20. The molecule has 2 aromatic carbocycles. The SMILES string of the molecule is Oc1cc(N(Cc2ccc(F)cc2)c2cc(-c3ccco3)[nH]n2)ccc1F. The van der Waals surface area contributed by atoms with Crippen LogP contribution in [-0.2, 0) is 6.54 Å². The number of hydrogen-bond acceptors (Lipinski definition) is 4. The standard InChI is InChI=1S/C20H15F2N3O2/c21-14-5-3-13(4-6-14)12-25(15-7-8-16(22)18(26)10-15)20-11-17(23-24-20)19-2-1-9-27-19/h1-11,26H,12H2,(H,23,24). The summed E-state index contributed by atoms with van der Waals surface area (Å²) in [6, 6.07) is 15.4. The Labute approximate surface area is 153 Å². The van der Waals surface area contributed by atoms with Gasteiger partial charge in [0.05, 0.1) is 6.26 Å². The first-order valence-corrected chi connectivity index (χ1v) is 8.20. The third-order valence-electron chi connectivity index (χ3n) is 4.12. The molecule has 2 N–H and O–H groups in total. The number of anilines is 2. The molecule has 0 amide bonds. The average Bonchev–Trinajstić information content (AvgIpc) is 3.35. The molecule has 0 unspecified atom stereocenters. The van der Waals surface area contributed by atoms with Gasteiger partial charge in [-0.25, -0.2) is 8.78 Å². The fourth-order valence-electron chi connectivity index (χ4n) is 2.75. The van der Waals surface area contributed by atoms with Crippen molar-refractivity contribution in [2.24, 2.45) is 0 Å². The number of benzene rings is 2. The van der Waals surface area contributed by atoms with E-state index in [1.165, 1.54) is 24.3 Å². The summed E-state index contributed by atoms with van der Waals surface area (Å²) in [4.78, 5) is 1.77. The normalized spacial score (nSPS) is 10.9. The summed E-state index contributed by atoms with van der Waals surface area (Å²) in [5, 5.41) is 17.0. The van der Waals surface area contributed by atoms with E-state index in [2.05, 4.69) is 10.2 Å². The Morgan fingerprint density at radius 2 is 1.85 bits per heavy atom.